The fourth-order valence-electron chi connectivity index (χ4n) is 3.12. The van der Waals surface area contributed by atoms with Gasteiger partial charge in [0, 0.05) is 20.5 Å². The minimum absolute atomic E-state index is 0.0350. The van der Waals surface area contributed by atoms with E-state index in [9.17, 15) is 13.2 Å². The van der Waals surface area contributed by atoms with Crippen LogP contribution in [0.1, 0.15) is 18.4 Å². The molecule has 1 unspecified atom stereocenters. The summed E-state index contributed by atoms with van der Waals surface area (Å²) in [5.74, 6) is 1.36. The summed E-state index contributed by atoms with van der Waals surface area (Å²) in [5.41, 5.74) is 0.962. The van der Waals surface area contributed by atoms with Crippen molar-refractivity contribution in [1.29, 1.82) is 0 Å². The van der Waals surface area contributed by atoms with E-state index in [4.69, 9.17) is 9.47 Å². The van der Waals surface area contributed by atoms with Gasteiger partial charge >= 0.3 is 0 Å². The number of benzene rings is 1. The topological polar surface area (TPSA) is 76.2 Å². The number of aryl methyl sites for hydroxylation is 1. The molecule has 1 aliphatic rings. The van der Waals surface area contributed by atoms with Crippen LogP contribution in [0.4, 0.5) is 0 Å². The maximum atomic E-state index is 12.7. The number of hydrogen-bond acceptors (Lipinski definition) is 6. The Morgan fingerprint density at radius 2 is 1.88 bits per heavy atom. The summed E-state index contributed by atoms with van der Waals surface area (Å²) < 4.78 is 33.9. The van der Waals surface area contributed by atoms with Crippen LogP contribution in [0.25, 0.3) is 0 Å². The lowest BCUT2D eigenvalue weighted by molar-refractivity contribution is -0.148. The van der Waals surface area contributed by atoms with Gasteiger partial charge in [0.05, 0.1) is 31.8 Å². The molecule has 0 spiro atoms. The van der Waals surface area contributed by atoms with Gasteiger partial charge in [0.15, 0.2) is 21.3 Å². The van der Waals surface area contributed by atoms with Crippen LogP contribution in [0.5, 0.6) is 11.5 Å². The minimum atomic E-state index is -3.04. The molecule has 0 aromatic heterocycles. The molecule has 0 N–H and O–H groups in total. The van der Waals surface area contributed by atoms with Crippen LogP contribution in [0.15, 0.2) is 18.2 Å². The molecule has 1 aromatic rings. The summed E-state index contributed by atoms with van der Waals surface area (Å²) in [4.78, 5) is 12.7. The van der Waals surface area contributed by atoms with E-state index >= 15 is 0 Å². The number of nitrogens with zero attached hydrogens (tertiary/aromatic N) is 2. The number of hydrazine groups is 1. The Bertz CT molecular complexity index is 718. The summed E-state index contributed by atoms with van der Waals surface area (Å²) in [6.45, 7) is 0. The van der Waals surface area contributed by atoms with E-state index in [0.29, 0.717) is 30.8 Å². The molecule has 2 rings (SSSR count). The summed E-state index contributed by atoms with van der Waals surface area (Å²) >= 11 is 0. The van der Waals surface area contributed by atoms with E-state index in [1.807, 2.05) is 18.2 Å². The third-order valence-corrected chi connectivity index (χ3v) is 6.07. The standard InChI is InChI=1S/C17H26N2O5S/c1-18(2)19(14-9-10-25(21,22)12-14)17(20)8-6-13-5-7-15(23-3)16(11-13)24-4/h5,7,11,14H,6,8-10,12H2,1-4H3. The first-order valence-electron chi connectivity index (χ1n) is 8.18. The molecule has 140 valence electrons. The minimum Gasteiger partial charge on any atom is -0.493 e. The first-order chi connectivity index (χ1) is 11.8. The van der Waals surface area contributed by atoms with Gasteiger partial charge in [-0.25, -0.2) is 13.4 Å². The molecule has 8 heteroatoms. The molecule has 0 aliphatic carbocycles. The van der Waals surface area contributed by atoms with E-state index in [0.717, 1.165) is 5.56 Å². The molecule has 0 radical (unpaired) electrons. The average Bonchev–Trinajstić information content (AvgIpc) is 2.91. The first-order valence-corrected chi connectivity index (χ1v) is 10.00. The maximum Gasteiger partial charge on any atom is 0.237 e. The number of sulfone groups is 1. The second-order valence-electron chi connectivity index (χ2n) is 6.33. The van der Waals surface area contributed by atoms with Crippen molar-refractivity contribution in [2.75, 3.05) is 39.8 Å². The van der Waals surface area contributed by atoms with Gasteiger partial charge < -0.3 is 9.47 Å². The van der Waals surface area contributed by atoms with Crippen molar-refractivity contribution in [3.8, 4) is 11.5 Å². The third-order valence-electron chi connectivity index (χ3n) is 4.32. The van der Waals surface area contributed by atoms with E-state index in [-0.39, 0.29) is 23.5 Å². The largest absolute Gasteiger partial charge is 0.493 e. The van der Waals surface area contributed by atoms with Crippen LogP contribution in [0.2, 0.25) is 0 Å². The molecule has 1 amide bonds. The van der Waals surface area contributed by atoms with Gasteiger partial charge in [-0.2, -0.15) is 0 Å². The zero-order chi connectivity index (χ0) is 18.6. The molecule has 1 saturated heterocycles. The van der Waals surface area contributed by atoms with Crippen molar-refractivity contribution >= 4 is 15.7 Å². The van der Waals surface area contributed by atoms with Crippen LogP contribution < -0.4 is 9.47 Å². The molecule has 7 nitrogen and oxygen atoms in total. The highest BCUT2D eigenvalue weighted by molar-refractivity contribution is 7.91. The van der Waals surface area contributed by atoms with Crippen molar-refractivity contribution < 1.29 is 22.7 Å². The molecular weight excluding hydrogens is 344 g/mol. The third kappa shape index (κ3) is 4.85. The fraction of sp³-hybridized carbons (Fsp3) is 0.588. The van der Waals surface area contributed by atoms with Gasteiger partial charge in [-0.3, -0.25) is 9.80 Å². The number of ether oxygens (including phenoxy) is 2. The van der Waals surface area contributed by atoms with Gasteiger partial charge in [-0.05, 0) is 30.5 Å². The van der Waals surface area contributed by atoms with Crippen LogP contribution in [-0.2, 0) is 21.1 Å². The van der Waals surface area contributed by atoms with E-state index in [1.165, 1.54) is 0 Å². The lowest BCUT2D eigenvalue weighted by Gasteiger charge is -2.33. The summed E-state index contributed by atoms with van der Waals surface area (Å²) in [6.07, 6.45) is 1.33. The van der Waals surface area contributed by atoms with Crippen molar-refractivity contribution in [2.24, 2.45) is 0 Å². The van der Waals surface area contributed by atoms with Crippen LogP contribution in [-0.4, -0.2) is 70.2 Å². The van der Waals surface area contributed by atoms with Gasteiger partial charge in [0.25, 0.3) is 0 Å². The SMILES string of the molecule is COc1ccc(CCC(=O)N(C2CCS(=O)(=O)C2)N(C)C)cc1OC. The Kier molecular flexibility index (Phi) is 6.29. The highest BCUT2D eigenvalue weighted by Gasteiger charge is 2.35. The maximum absolute atomic E-state index is 12.7. The number of rotatable bonds is 7. The Morgan fingerprint density at radius 3 is 2.40 bits per heavy atom. The van der Waals surface area contributed by atoms with Crippen LogP contribution in [0, 0.1) is 0 Å². The molecule has 1 aromatic carbocycles. The van der Waals surface area contributed by atoms with Crippen LogP contribution >= 0.6 is 0 Å². The molecule has 1 atom stereocenters. The Morgan fingerprint density at radius 1 is 1.20 bits per heavy atom. The number of hydrogen-bond donors (Lipinski definition) is 0. The zero-order valence-corrected chi connectivity index (χ0v) is 16.0. The zero-order valence-electron chi connectivity index (χ0n) is 15.2. The lowest BCUT2D eigenvalue weighted by atomic mass is 10.1. The second kappa shape index (κ2) is 8.05. The molecular formula is C17H26N2O5S. The van der Waals surface area contributed by atoms with Gasteiger partial charge in [0.2, 0.25) is 5.91 Å². The smallest absolute Gasteiger partial charge is 0.237 e. The average molecular weight is 370 g/mol. The summed E-state index contributed by atoms with van der Waals surface area (Å²) in [7, 11) is 3.63. The van der Waals surface area contributed by atoms with Crippen molar-refractivity contribution in [3.05, 3.63) is 23.8 Å². The molecule has 0 saturated carbocycles. The Balaban J connectivity index is 2.04. The van der Waals surface area contributed by atoms with Crippen molar-refractivity contribution in [2.45, 2.75) is 25.3 Å². The number of carbonyl (C=O) groups is 1. The second-order valence-corrected chi connectivity index (χ2v) is 8.56. The summed E-state index contributed by atoms with van der Waals surface area (Å²) in [6, 6.07) is 5.28. The van der Waals surface area contributed by atoms with E-state index < -0.39 is 9.84 Å². The molecule has 1 aliphatic heterocycles. The van der Waals surface area contributed by atoms with Crippen LogP contribution in [0.3, 0.4) is 0 Å². The van der Waals surface area contributed by atoms with Gasteiger partial charge in [0.1, 0.15) is 0 Å². The number of carbonyl (C=O) groups excluding carboxylic acids is 1. The Hall–Kier alpha value is -1.80. The fourth-order valence-corrected chi connectivity index (χ4v) is 4.82. The van der Waals surface area contributed by atoms with E-state index in [2.05, 4.69) is 0 Å². The highest BCUT2D eigenvalue weighted by Crippen LogP contribution is 2.28. The summed E-state index contributed by atoms with van der Waals surface area (Å²) in [5, 5.41) is 3.26. The molecule has 1 heterocycles. The predicted molar refractivity (Wildman–Crippen MR) is 95.5 cm³/mol. The lowest BCUT2D eigenvalue weighted by Crippen LogP contribution is -2.49. The van der Waals surface area contributed by atoms with E-state index in [1.54, 1.807) is 38.3 Å². The first kappa shape index (κ1) is 19.5. The quantitative estimate of drug-likeness (QED) is 0.670. The van der Waals surface area contributed by atoms with Crippen molar-refractivity contribution in [3.63, 3.8) is 0 Å². The molecule has 0 bridgehead atoms. The highest BCUT2D eigenvalue weighted by atomic mass is 32.2. The molecule has 25 heavy (non-hydrogen) atoms. The monoisotopic (exact) mass is 370 g/mol. The van der Waals surface area contributed by atoms with Crippen molar-refractivity contribution in [1.82, 2.24) is 10.0 Å². The number of amides is 1. The van der Waals surface area contributed by atoms with Gasteiger partial charge in [-0.1, -0.05) is 6.07 Å². The van der Waals surface area contributed by atoms with Gasteiger partial charge in [-0.15, -0.1) is 0 Å². The predicted octanol–water partition coefficient (Wildman–Crippen LogP) is 1.13. The number of methoxy groups -OCH3 is 2. The Labute approximate surface area is 149 Å². The normalized spacial score (nSPS) is 19.0. The molecule has 1 fully saturated rings.